The molecule has 5 heterocycles. The van der Waals surface area contributed by atoms with E-state index in [0.717, 1.165) is 16.2 Å². The van der Waals surface area contributed by atoms with Crippen LogP contribution >= 0.6 is 0 Å². The number of pyridine rings is 2. The molecule has 2 aromatic carbocycles. The van der Waals surface area contributed by atoms with E-state index in [0.29, 0.717) is 54.6 Å². The zero-order valence-corrected chi connectivity index (χ0v) is 29.0. The molecule has 0 atom stereocenters. The summed E-state index contributed by atoms with van der Waals surface area (Å²) in [5.41, 5.74) is 13.8. The number of ether oxygens (including phenoxy) is 5. The SMILES string of the molecule is C.C.CCOC(=O)N1Cc2cccc(c2)OC/C=C/COc2cc1c([N+](=O)[O-])c(N)n2.F.Nc1nc2cc3c1[nH]c(=O)n3Cc1cccc(c1)OC/C=C/CO2. The topological polar surface area (TPSA) is 225 Å². The number of anilines is 3. The van der Waals surface area contributed by atoms with E-state index in [9.17, 15) is 19.7 Å². The van der Waals surface area contributed by atoms with E-state index in [1.54, 1.807) is 54.0 Å². The van der Waals surface area contributed by atoms with Gasteiger partial charge in [-0.3, -0.25) is 24.3 Å². The Morgan fingerprint density at radius 3 is 1.95 bits per heavy atom. The van der Waals surface area contributed by atoms with Crippen molar-refractivity contribution >= 4 is 40.1 Å². The van der Waals surface area contributed by atoms with Crippen molar-refractivity contribution in [2.45, 2.75) is 34.9 Å². The lowest BCUT2D eigenvalue weighted by Gasteiger charge is -2.23. The van der Waals surface area contributed by atoms with Gasteiger partial charge in [0.25, 0.3) is 0 Å². The number of nitrogens with one attached hydrogen (secondary N) is 1. The quantitative estimate of drug-likeness (QED) is 0.104. The smallest absolute Gasteiger partial charge is 0.414 e. The van der Waals surface area contributed by atoms with Gasteiger partial charge in [-0.2, -0.15) is 9.97 Å². The number of benzene rings is 2. The highest BCUT2D eigenvalue weighted by Crippen LogP contribution is 2.37. The van der Waals surface area contributed by atoms with Crippen molar-refractivity contribution in [2.75, 3.05) is 49.4 Å². The van der Waals surface area contributed by atoms with Crippen LogP contribution in [0.25, 0.3) is 11.0 Å². The van der Waals surface area contributed by atoms with Crippen LogP contribution < -0.4 is 41.0 Å². The maximum absolute atomic E-state index is 12.7. The molecule has 0 saturated heterocycles. The number of nitrogens with two attached hydrogens (primary N) is 2. The van der Waals surface area contributed by atoms with Crippen LogP contribution in [0.3, 0.4) is 0 Å². The zero-order valence-electron chi connectivity index (χ0n) is 29.0. The third kappa shape index (κ3) is 10.3. The van der Waals surface area contributed by atoms with Crippen molar-refractivity contribution < 1.29 is 38.1 Å². The summed E-state index contributed by atoms with van der Waals surface area (Å²) in [6.07, 6.45) is 6.47. The van der Waals surface area contributed by atoms with Gasteiger partial charge in [0.1, 0.15) is 49.1 Å². The molecule has 1 amide bonds. The molecule has 18 heteroatoms. The van der Waals surface area contributed by atoms with Crippen LogP contribution in [0.4, 0.5) is 32.5 Å². The number of hydrogen-bond donors (Lipinski definition) is 3. The van der Waals surface area contributed by atoms with E-state index in [1.807, 2.05) is 36.4 Å². The summed E-state index contributed by atoms with van der Waals surface area (Å²) in [5.74, 6) is 1.66. The fourth-order valence-electron chi connectivity index (χ4n) is 5.48. The molecule has 298 valence electrons. The van der Waals surface area contributed by atoms with Crippen LogP contribution in [0, 0.1) is 10.1 Å². The zero-order chi connectivity index (χ0) is 37.3. The van der Waals surface area contributed by atoms with Gasteiger partial charge in [0.15, 0.2) is 5.82 Å². The number of aromatic nitrogens is 4. The summed E-state index contributed by atoms with van der Waals surface area (Å²) in [7, 11) is 0. The number of carbonyl (C=O) groups is 1. The molecular formula is C38H45FN8O9. The Balaban J connectivity index is 0.000000289. The number of hydrogen-bond acceptors (Lipinski definition) is 13. The average molecular weight is 777 g/mol. The van der Waals surface area contributed by atoms with Crippen molar-refractivity contribution in [3.63, 3.8) is 0 Å². The Morgan fingerprint density at radius 1 is 0.839 bits per heavy atom. The minimum absolute atomic E-state index is 0. The Bertz CT molecular complexity index is 2260. The molecule has 3 aromatic heterocycles. The molecule has 2 aliphatic rings. The molecule has 5 aromatic rings. The van der Waals surface area contributed by atoms with E-state index in [4.69, 9.17) is 35.2 Å². The van der Waals surface area contributed by atoms with E-state index in [-0.39, 0.29) is 68.2 Å². The molecule has 0 spiro atoms. The van der Waals surface area contributed by atoms with E-state index in [2.05, 4.69) is 15.0 Å². The Labute approximate surface area is 321 Å². The number of H-pyrrole nitrogens is 1. The summed E-state index contributed by atoms with van der Waals surface area (Å²) < 4.78 is 29.1. The summed E-state index contributed by atoms with van der Waals surface area (Å²) in [6.45, 7) is 3.40. The third-order valence-corrected chi connectivity index (χ3v) is 7.87. The minimum Gasteiger partial charge on any atom is -0.490 e. The number of aromatic amines is 1. The molecule has 8 bridgehead atoms. The molecule has 0 unspecified atom stereocenters. The molecule has 0 aliphatic carbocycles. The minimum atomic E-state index is -0.759. The highest BCUT2D eigenvalue weighted by Gasteiger charge is 2.30. The average Bonchev–Trinajstić information content (AvgIpc) is 3.44. The monoisotopic (exact) mass is 776 g/mol. The maximum Gasteiger partial charge on any atom is 0.414 e. The summed E-state index contributed by atoms with van der Waals surface area (Å²) >= 11 is 0. The third-order valence-electron chi connectivity index (χ3n) is 7.87. The van der Waals surface area contributed by atoms with Crippen molar-refractivity contribution in [3.8, 4) is 23.3 Å². The molecule has 0 saturated carbocycles. The molecule has 56 heavy (non-hydrogen) atoms. The number of halogens is 1. The lowest BCUT2D eigenvalue weighted by atomic mass is 10.2. The highest BCUT2D eigenvalue weighted by molar-refractivity contribution is 5.93. The number of nitro groups is 1. The van der Waals surface area contributed by atoms with Gasteiger partial charge in [0.05, 0.1) is 30.1 Å². The van der Waals surface area contributed by atoms with Gasteiger partial charge in [-0.25, -0.2) is 9.59 Å². The second-order valence-electron chi connectivity index (χ2n) is 11.5. The van der Waals surface area contributed by atoms with Crippen LogP contribution in [0.15, 0.2) is 89.8 Å². The Morgan fingerprint density at radius 2 is 1.38 bits per heavy atom. The van der Waals surface area contributed by atoms with Crippen molar-refractivity contribution in [2.24, 2.45) is 0 Å². The largest absolute Gasteiger partial charge is 0.490 e. The fourth-order valence-corrected chi connectivity index (χ4v) is 5.48. The molecule has 5 N–H and O–H groups in total. The molecule has 17 nitrogen and oxygen atoms in total. The predicted octanol–water partition coefficient (Wildman–Crippen LogP) is 6.17. The number of rotatable bonds is 2. The standard InChI is InChI=1S/C19H20N4O6.C17H16N4O3.2CH4.FH/c1-2-27-19(24)22-12-13-6-5-7-14(10-13)28-8-3-4-9-29-16-11-15(22)17(23(25)26)18(20)21-16;18-16-15-13-9-14(19-16)24-7-2-1-6-23-12-5-3-4-11(8-12)10-21(13)17(22)20-15;;;/h3-7,10-11H,2,8-9,12H2,1H3,(H2,20,21);1-5,8-9H,6-7,10H2,(H2,18,19)(H,20,22);2*1H4;1H/b4-3+;2-1+;;;. The van der Waals surface area contributed by atoms with Crippen LogP contribution in [-0.2, 0) is 17.8 Å². The summed E-state index contributed by atoms with van der Waals surface area (Å²) in [5, 5.41) is 11.6. The first-order chi connectivity index (χ1) is 25.7. The van der Waals surface area contributed by atoms with Gasteiger partial charge in [-0.15, -0.1) is 0 Å². The molecule has 2 aliphatic heterocycles. The highest BCUT2D eigenvalue weighted by atomic mass is 19.0. The van der Waals surface area contributed by atoms with Gasteiger partial charge in [0, 0.05) is 12.1 Å². The second-order valence-corrected chi connectivity index (χ2v) is 11.5. The predicted molar refractivity (Wildman–Crippen MR) is 211 cm³/mol. The Kier molecular flexibility index (Phi) is 15.3. The number of carbonyl (C=O) groups excluding carboxylic acids is 1. The Hall–Kier alpha value is -7.11. The number of imidazole rings is 1. The molecule has 0 radical (unpaired) electrons. The van der Waals surface area contributed by atoms with Gasteiger partial charge < -0.3 is 40.1 Å². The summed E-state index contributed by atoms with van der Waals surface area (Å²) in [6, 6.07) is 17.8. The first-order valence-electron chi connectivity index (χ1n) is 16.5. The maximum atomic E-state index is 12.7. The van der Waals surface area contributed by atoms with Gasteiger partial charge >= 0.3 is 17.5 Å². The van der Waals surface area contributed by atoms with Crippen molar-refractivity contribution in [1.29, 1.82) is 0 Å². The number of amides is 1. The summed E-state index contributed by atoms with van der Waals surface area (Å²) in [4.78, 5) is 48.0. The van der Waals surface area contributed by atoms with E-state index >= 15 is 0 Å². The number of nitrogens with zero attached hydrogens (tertiary/aromatic N) is 5. The number of nitrogen functional groups attached to an aromatic ring is 2. The van der Waals surface area contributed by atoms with Gasteiger partial charge in [-0.1, -0.05) is 39.1 Å². The first-order valence-corrected chi connectivity index (χ1v) is 16.5. The lowest BCUT2D eigenvalue weighted by molar-refractivity contribution is -0.383. The van der Waals surface area contributed by atoms with Crippen molar-refractivity contribution in [1.82, 2.24) is 19.5 Å². The van der Waals surface area contributed by atoms with Crippen LogP contribution in [-0.4, -0.2) is 63.6 Å². The van der Waals surface area contributed by atoms with Crippen LogP contribution in [0.1, 0.15) is 32.9 Å². The van der Waals surface area contributed by atoms with E-state index in [1.165, 1.54) is 6.07 Å². The molecule has 0 fully saturated rings. The van der Waals surface area contributed by atoms with Crippen molar-refractivity contribution in [3.05, 3.63) is 117 Å². The van der Waals surface area contributed by atoms with E-state index < -0.39 is 16.7 Å². The van der Waals surface area contributed by atoms with Gasteiger partial charge in [-0.05, 0) is 66.6 Å². The van der Waals surface area contributed by atoms with Crippen LogP contribution in [0.2, 0.25) is 0 Å². The lowest BCUT2D eigenvalue weighted by Crippen LogP contribution is -2.32. The molecular weight excluding hydrogens is 731 g/mol. The number of fused-ring (bicyclic) bond motifs is 7. The van der Waals surface area contributed by atoms with Crippen LogP contribution in [0.5, 0.6) is 23.3 Å². The molecule has 7 rings (SSSR count). The second kappa shape index (κ2) is 19.8. The normalized spacial score (nSPS) is 14.3. The van der Waals surface area contributed by atoms with Gasteiger partial charge in [0.2, 0.25) is 17.6 Å². The fraction of sp³-hybridized carbons (Fsp3) is 0.263. The first kappa shape index (κ1) is 43.3.